The maximum Gasteiger partial charge on any atom is 0.410 e. The number of amides is 1. The molecule has 3 heterocycles. The van der Waals surface area contributed by atoms with Crippen molar-refractivity contribution in [2.75, 3.05) is 13.1 Å². The van der Waals surface area contributed by atoms with E-state index >= 15 is 0 Å². The van der Waals surface area contributed by atoms with Gasteiger partial charge in [-0.05, 0) is 20.8 Å². The topological polar surface area (TPSA) is 107 Å². The molecule has 3 rings (SSSR count). The Bertz CT molecular complexity index is 890. The van der Waals surface area contributed by atoms with Crippen LogP contribution in [0.25, 0.3) is 11.2 Å². The number of carboxylic acid groups (broad SMARTS) is 1. The average molecular weight is 412 g/mol. The number of carbonyl (C=O) groups is 2. The molecule has 28 heavy (non-hydrogen) atoms. The lowest BCUT2D eigenvalue weighted by Gasteiger charge is -2.33. The maximum absolute atomic E-state index is 13.0. The summed E-state index contributed by atoms with van der Waals surface area (Å²) in [4.78, 5) is 33.3. The first-order valence-corrected chi connectivity index (χ1v) is 9.40. The highest BCUT2D eigenvalue weighted by molar-refractivity contribution is 7.92. The van der Waals surface area contributed by atoms with Crippen LogP contribution in [0.2, 0.25) is 0 Å². The Labute approximate surface area is 165 Å². The van der Waals surface area contributed by atoms with Crippen LogP contribution in [0.3, 0.4) is 0 Å². The Kier molecular flexibility index (Phi) is 5.64. The van der Waals surface area contributed by atoms with E-state index in [1.807, 2.05) is 20.8 Å². The van der Waals surface area contributed by atoms with Crippen LogP contribution in [0.5, 0.6) is 5.88 Å². The molecule has 0 aromatic carbocycles. The van der Waals surface area contributed by atoms with Crippen LogP contribution in [0.1, 0.15) is 44.0 Å². The molecule has 0 radical (unpaired) electrons. The number of fused-ring (bicyclic) bond motifs is 1. The lowest BCUT2D eigenvalue weighted by molar-refractivity contribution is 0.0123. The highest BCUT2D eigenvalue weighted by Crippen LogP contribution is 2.26. The maximum atomic E-state index is 13.0. The molecule has 0 atom stereocenters. The molecule has 2 aromatic heterocycles. The van der Waals surface area contributed by atoms with Crippen molar-refractivity contribution in [3.8, 4) is 5.88 Å². The van der Waals surface area contributed by atoms with Crippen molar-refractivity contribution < 1.29 is 28.1 Å². The number of likely N-dealkylation sites (tertiary alicyclic amines) is 1. The first-order valence-electron chi connectivity index (χ1n) is 8.73. The van der Waals surface area contributed by atoms with Gasteiger partial charge in [-0.15, -0.1) is 3.89 Å². The minimum absolute atomic E-state index is 0.0568. The van der Waals surface area contributed by atoms with Gasteiger partial charge in [-0.3, -0.25) is 0 Å². The molecule has 0 aliphatic carbocycles. The van der Waals surface area contributed by atoms with Gasteiger partial charge in [0.15, 0.2) is 18.0 Å². The zero-order chi connectivity index (χ0) is 20.5. The van der Waals surface area contributed by atoms with Gasteiger partial charge in [-0.1, -0.05) is 0 Å². The fraction of sp³-hybridized carbons (Fsp3) is 0.529. The zero-order valence-electron chi connectivity index (χ0n) is 15.7. The third-order valence-corrected chi connectivity index (χ3v) is 4.55. The third-order valence-electron chi connectivity index (χ3n) is 4.13. The van der Waals surface area contributed by atoms with Gasteiger partial charge >= 0.3 is 12.1 Å². The van der Waals surface area contributed by atoms with Gasteiger partial charge in [0, 0.05) is 32.1 Å². The van der Waals surface area contributed by atoms with Gasteiger partial charge in [0.2, 0.25) is 5.88 Å². The SMILES string of the molecule is CC(C)(C)OC(=O)N1CCC(Oc2cnc3c(n2)c(C(=O)O)cn3SF)CC1. The molecule has 0 unspecified atom stereocenters. The van der Waals surface area contributed by atoms with E-state index in [9.17, 15) is 18.6 Å². The summed E-state index contributed by atoms with van der Waals surface area (Å²) in [5.74, 6) is -1.07. The normalized spacial score (nSPS) is 15.6. The number of aromatic carboxylic acids is 1. The summed E-state index contributed by atoms with van der Waals surface area (Å²) >= 11 is -0.155. The molecule has 1 aliphatic rings. The van der Waals surface area contributed by atoms with Gasteiger partial charge in [0.05, 0.1) is 6.20 Å². The van der Waals surface area contributed by atoms with E-state index in [1.54, 1.807) is 4.90 Å². The number of aromatic nitrogens is 3. The quantitative estimate of drug-likeness (QED) is 0.815. The molecule has 1 aliphatic heterocycles. The van der Waals surface area contributed by atoms with E-state index in [2.05, 4.69) is 9.97 Å². The van der Waals surface area contributed by atoms with E-state index < -0.39 is 11.6 Å². The number of nitrogens with zero attached hydrogens (tertiary/aromatic N) is 4. The molecule has 0 bridgehead atoms. The summed E-state index contributed by atoms with van der Waals surface area (Å²) in [5.41, 5.74) is -0.540. The van der Waals surface area contributed by atoms with Crippen LogP contribution in [0.4, 0.5) is 8.68 Å². The Morgan fingerprint density at radius 3 is 2.57 bits per heavy atom. The number of ether oxygens (including phenoxy) is 2. The Hall–Kier alpha value is -2.56. The summed E-state index contributed by atoms with van der Waals surface area (Å²) in [5, 5.41) is 9.26. The minimum Gasteiger partial charge on any atom is -0.478 e. The molecule has 1 fully saturated rings. The Balaban J connectivity index is 1.67. The van der Waals surface area contributed by atoms with E-state index in [-0.39, 0.29) is 47.1 Å². The number of halogens is 1. The molecule has 0 spiro atoms. The van der Waals surface area contributed by atoms with Crippen molar-refractivity contribution in [1.82, 2.24) is 18.8 Å². The van der Waals surface area contributed by atoms with Crippen LogP contribution in [0.15, 0.2) is 12.4 Å². The summed E-state index contributed by atoms with van der Waals surface area (Å²) in [6, 6.07) is 0. The minimum atomic E-state index is -1.23. The Morgan fingerprint density at radius 1 is 1.32 bits per heavy atom. The lowest BCUT2D eigenvalue weighted by atomic mass is 10.1. The fourth-order valence-electron chi connectivity index (χ4n) is 2.87. The molecular formula is C17H21FN4O5S. The number of carboxylic acids is 1. The Morgan fingerprint density at radius 2 is 2.00 bits per heavy atom. The third kappa shape index (κ3) is 4.46. The highest BCUT2D eigenvalue weighted by Gasteiger charge is 2.28. The van der Waals surface area contributed by atoms with E-state index in [4.69, 9.17) is 9.47 Å². The van der Waals surface area contributed by atoms with E-state index in [1.165, 1.54) is 6.20 Å². The zero-order valence-corrected chi connectivity index (χ0v) is 16.5. The predicted molar refractivity (Wildman–Crippen MR) is 100 cm³/mol. The number of carbonyl (C=O) groups excluding carboxylic acids is 1. The largest absolute Gasteiger partial charge is 0.478 e. The van der Waals surface area contributed by atoms with Crippen molar-refractivity contribution in [2.24, 2.45) is 0 Å². The first kappa shape index (κ1) is 20.2. The summed E-state index contributed by atoms with van der Waals surface area (Å²) in [6.07, 6.45) is 3.06. The first-order chi connectivity index (χ1) is 13.2. The number of rotatable bonds is 4. The van der Waals surface area contributed by atoms with Crippen LogP contribution in [-0.4, -0.2) is 60.8 Å². The smallest absolute Gasteiger partial charge is 0.410 e. The van der Waals surface area contributed by atoms with Gasteiger partial charge in [-0.25, -0.2) is 23.5 Å². The molecule has 1 saturated heterocycles. The van der Waals surface area contributed by atoms with Crippen LogP contribution in [-0.2, 0) is 4.74 Å². The number of piperidine rings is 1. The molecule has 1 amide bonds. The number of hydrogen-bond acceptors (Lipinski definition) is 7. The van der Waals surface area contributed by atoms with E-state index in [0.717, 1.165) is 10.2 Å². The monoisotopic (exact) mass is 412 g/mol. The standard InChI is InChI=1S/C17H21FN4O5S/c1-17(2,3)27-16(25)21-6-4-10(5-7-21)26-12-8-19-14-13(20-12)11(15(23)24)9-22(14)28-18/h8-10H,4-7H2,1-3H3,(H,23,24). The second kappa shape index (κ2) is 7.82. The van der Waals surface area contributed by atoms with Crippen molar-refractivity contribution in [2.45, 2.75) is 45.3 Å². The molecule has 0 saturated carbocycles. The molecular weight excluding hydrogens is 391 g/mol. The van der Waals surface area contributed by atoms with Gasteiger partial charge in [0.25, 0.3) is 0 Å². The lowest BCUT2D eigenvalue weighted by Crippen LogP contribution is -2.44. The van der Waals surface area contributed by atoms with Gasteiger partial charge in [-0.2, -0.15) is 0 Å². The molecule has 1 N–H and O–H groups in total. The molecule has 9 nitrogen and oxygen atoms in total. The van der Waals surface area contributed by atoms with E-state index in [0.29, 0.717) is 25.9 Å². The van der Waals surface area contributed by atoms with Crippen LogP contribution in [0, 0.1) is 0 Å². The van der Waals surface area contributed by atoms with Crippen LogP contribution >= 0.6 is 12.3 Å². The van der Waals surface area contributed by atoms with Crippen molar-refractivity contribution in [3.63, 3.8) is 0 Å². The average Bonchev–Trinajstić information content (AvgIpc) is 2.99. The van der Waals surface area contributed by atoms with Crippen molar-refractivity contribution >= 4 is 35.6 Å². The van der Waals surface area contributed by atoms with Crippen molar-refractivity contribution in [3.05, 3.63) is 18.0 Å². The second-order valence-corrected chi connectivity index (χ2v) is 7.94. The fourth-order valence-corrected chi connectivity index (χ4v) is 3.21. The molecule has 152 valence electrons. The number of hydrogen-bond donors (Lipinski definition) is 1. The molecule has 11 heteroatoms. The van der Waals surface area contributed by atoms with Gasteiger partial charge in [0.1, 0.15) is 22.8 Å². The predicted octanol–water partition coefficient (Wildman–Crippen LogP) is 3.29. The highest BCUT2D eigenvalue weighted by atomic mass is 32.2. The second-order valence-electron chi connectivity index (χ2n) is 7.41. The van der Waals surface area contributed by atoms with Crippen molar-refractivity contribution in [1.29, 1.82) is 0 Å². The summed E-state index contributed by atoms with van der Waals surface area (Å²) in [6.45, 7) is 6.40. The van der Waals surface area contributed by atoms with Crippen LogP contribution < -0.4 is 4.74 Å². The summed E-state index contributed by atoms with van der Waals surface area (Å²) < 4.78 is 25.1. The molecule has 2 aromatic rings. The van der Waals surface area contributed by atoms with Gasteiger partial charge < -0.3 is 19.5 Å². The summed E-state index contributed by atoms with van der Waals surface area (Å²) in [7, 11) is 0.